The summed E-state index contributed by atoms with van der Waals surface area (Å²) in [5.74, 6) is 0.127. The molecule has 0 aliphatic carbocycles. The van der Waals surface area contributed by atoms with Crippen LogP contribution in [0.3, 0.4) is 0 Å². The maximum Gasteiger partial charge on any atom is 0.186 e. The number of halogens is 2. The van der Waals surface area contributed by atoms with Gasteiger partial charge in [0.25, 0.3) is 0 Å². The Labute approximate surface area is 95.2 Å². The third-order valence-electron chi connectivity index (χ3n) is 1.74. The van der Waals surface area contributed by atoms with Crippen molar-refractivity contribution in [2.75, 3.05) is 0 Å². The van der Waals surface area contributed by atoms with E-state index in [1.54, 1.807) is 0 Å². The van der Waals surface area contributed by atoms with Gasteiger partial charge in [-0.15, -0.1) is 11.3 Å². The van der Waals surface area contributed by atoms with Gasteiger partial charge in [-0.25, -0.2) is 0 Å². The maximum atomic E-state index is 11.6. The molecule has 0 aliphatic rings. The molecule has 0 fully saturated rings. The minimum absolute atomic E-state index is 0.0818. The third-order valence-corrected chi connectivity index (χ3v) is 4.38. The number of carbonyl (C=O) groups is 1. The fourth-order valence-corrected chi connectivity index (χ4v) is 2.51. The van der Waals surface area contributed by atoms with E-state index in [9.17, 15) is 4.79 Å². The normalized spacial score (nSPS) is 12.9. The summed E-state index contributed by atoms with van der Waals surface area (Å²) < 4.78 is 0.708. The molecule has 4 heteroatoms. The van der Waals surface area contributed by atoms with Gasteiger partial charge in [-0.1, -0.05) is 34.5 Å². The first-order chi connectivity index (χ1) is 6.06. The summed E-state index contributed by atoms with van der Waals surface area (Å²) in [6.45, 7) is 3.88. The lowest BCUT2D eigenvalue weighted by atomic mass is 10.2. The molecule has 0 aliphatic heterocycles. The van der Waals surface area contributed by atoms with Crippen molar-refractivity contribution in [3.63, 3.8) is 0 Å². The van der Waals surface area contributed by atoms with Crippen molar-refractivity contribution in [1.82, 2.24) is 0 Å². The smallest absolute Gasteiger partial charge is 0.186 e. The Morgan fingerprint density at radius 2 is 2.38 bits per heavy atom. The molecule has 0 saturated carbocycles. The molecule has 0 bridgehead atoms. The second-order valence-electron chi connectivity index (χ2n) is 2.81. The molecule has 0 saturated heterocycles. The fourth-order valence-electron chi connectivity index (χ4n) is 0.921. The van der Waals surface area contributed by atoms with Crippen molar-refractivity contribution in [3.05, 3.63) is 20.8 Å². The molecule has 0 spiro atoms. The predicted octanol–water partition coefficient (Wildman–Crippen LogP) is 4.07. The van der Waals surface area contributed by atoms with Crippen LogP contribution in [0.25, 0.3) is 0 Å². The molecule has 1 heterocycles. The van der Waals surface area contributed by atoms with Crippen LogP contribution in [0.1, 0.15) is 28.6 Å². The minimum Gasteiger partial charge on any atom is -0.292 e. The lowest BCUT2D eigenvalue weighted by Gasteiger charge is -2.01. The van der Waals surface area contributed by atoms with Gasteiger partial charge in [0.05, 0.1) is 14.0 Å². The highest BCUT2D eigenvalue weighted by Crippen LogP contribution is 2.29. The first kappa shape index (κ1) is 11.2. The van der Waals surface area contributed by atoms with Gasteiger partial charge in [0.1, 0.15) is 0 Å². The van der Waals surface area contributed by atoms with Gasteiger partial charge < -0.3 is 0 Å². The van der Waals surface area contributed by atoms with Crippen molar-refractivity contribution >= 4 is 44.7 Å². The monoisotopic (exact) mass is 280 g/mol. The van der Waals surface area contributed by atoms with E-state index in [1.807, 2.05) is 19.9 Å². The number of ketones is 1. The molecular formula is C9H10BrClOS. The lowest BCUT2D eigenvalue weighted by Crippen LogP contribution is -2.10. The molecule has 1 aromatic rings. The van der Waals surface area contributed by atoms with Crippen molar-refractivity contribution < 1.29 is 4.79 Å². The third kappa shape index (κ3) is 2.55. The van der Waals surface area contributed by atoms with E-state index in [-0.39, 0.29) is 10.6 Å². The average Bonchev–Trinajstić information content (AvgIpc) is 2.44. The molecular weight excluding hydrogens is 272 g/mol. The summed E-state index contributed by atoms with van der Waals surface area (Å²) in [6.07, 6.45) is 0.799. The number of alkyl halides is 1. The summed E-state index contributed by atoms with van der Waals surface area (Å²) in [6, 6.07) is 1.85. The molecule has 13 heavy (non-hydrogen) atoms. The Kier molecular flexibility index (Phi) is 3.95. The van der Waals surface area contributed by atoms with Crippen LogP contribution < -0.4 is 0 Å². The molecule has 0 radical (unpaired) electrons. The van der Waals surface area contributed by atoms with E-state index in [1.165, 1.54) is 11.3 Å². The molecule has 1 unspecified atom stereocenters. The maximum absolute atomic E-state index is 11.6. The lowest BCUT2D eigenvalue weighted by molar-refractivity contribution is 0.0994. The number of aryl methyl sites for hydroxylation is 1. The van der Waals surface area contributed by atoms with Crippen LogP contribution in [0.5, 0.6) is 0 Å². The quantitative estimate of drug-likeness (QED) is 0.603. The van der Waals surface area contributed by atoms with E-state index in [4.69, 9.17) is 11.6 Å². The Bertz CT molecular complexity index is 302. The molecule has 0 N–H and O–H groups in total. The molecule has 72 valence electrons. The zero-order valence-electron chi connectivity index (χ0n) is 7.43. The average molecular weight is 282 g/mol. The first-order valence-corrected chi connectivity index (χ1v) is 6.11. The standard InChI is InChI=1S/C9H10BrClOS/c1-3-6(10)8(12)7-4-5(2)9(11)13-7/h4,6H,3H2,1-2H3. The van der Waals surface area contributed by atoms with Crippen LogP contribution in [0.2, 0.25) is 4.34 Å². The highest BCUT2D eigenvalue weighted by atomic mass is 79.9. The predicted molar refractivity (Wildman–Crippen MR) is 61.4 cm³/mol. The van der Waals surface area contributed by atoms with Gasteiger partial charge in [-0.05, 0) is 25.0 Å². The van der Waals surface area contributed by atoms with Crippen molar-refractivity contribution in [2.45, 2.75) is 25.1 Å². The second-order valence-corrected chi connectivity index (χ2v) is 5.57. The van der Waals surface area contributed by atoms with Crippen LogP contribution in [0.15, 0.2) is 6.07 Å². The number of hydrogen-bond acceptors (Lipinski definition) is 2. The molecule has 1 nitrogen and oxygen atoms in total. The topological polar surface area (TPSA) is 17.1 Å². The summed E-state index contributed by atoms with van der Waals surface area (Å²) in [5.41, 5.74) is 0.978. The van der Waals surface area contributed by atoms with Crippen molar-refractivity contribution in [3.8, 4) is 0 Å². The van der Waals surface area contributed by atoms with Gasteiger partial charge in [-0.3, -0.25) is 4.79 Å². The number of hydrogen-bond donors (Lipinski definition) is 0. The summed E-state index contributed by atoms with van der Waals surface area (Å²) >= 11 is 10.6. The van der Waals surface area contributed by atoms with Crippen LogP contribution >= 0.6 is 38.9 Å². The zero-order valence-corrected chi connectivity index (χ0v) is 10.6. The summed E-state index contributed by atoms with van der Waals surface area (Å²) in [4.78, 5) is 12.3. The second kappa shape index (κ2) is 4.58. The van der Waals surface area contributed by atoms with Crippen LogP contribution in [0.4, 0.5) is 0 Å². The SMILES string of the molecule is CCC(Br)C(=O)c1cc(C)c(Cl)s1. The molecule has 1 aromatic heterocycles. The Balaban J connectivity index is 2.89. The van der Waals surface area contributed by atoms with Crippen LogP contribution in [-0.4, -0.2) is 10.6 Å². The van der Waals surface area contributed by atoms with E-state index in [0.29, 0.717) is 4.34 Å². The molecule has 0 aromatic carbocycles. The van der Waals surface area contributed by atoms with E-state index in [2.05, 4.69) is 15.9 Å². The number of thiophene rings is 1. The summed E-state index contributed by atoms with van der Waals surface area (Å²) in [5, 5.41) is 0. The number of Topliss-reactive ketones (excluding diaryl/α,β-unsaturated/α-hetero) is 1. The Morgan fingerprint density at radius 3 is 2.77 bits per heavy atom. The fraction of sp³-hybridized carbons (Fsp3) is 0.444. The van der Waals surface area contributed by atoms with E-state index >= 15 is 0 Å². The van der Waals surface area contributed by atoms with Gasteiger partial charge in [0.2, 0.25) is 0 Å². The van der Waals surface area contributed by atoms with Crippen LogP contribution in [0, 0.1) is 6.92 Å². The number of carbonyl (C=O) groups excluding carboxylic acids is 1. The van der Waals surface area contributed by atoms with Crippen molar-refractivity contribution in [1.29, 1.82) is 0 Å². The zero-order chi connectivity index (χ0) is 10.0. The molecule has 1 rings (SSSR count). The molecule has 1 atom stereocenters. The van der Waals surface area contributed by atoms with Gasteiger partial charge >= 0.3 is 0 Å². The van der Waals surface area contributed by atoms with Crippen molar-refractivity contribution in [2.24, 2.45) is 0 Å². The highest BCUT2D eigenvalue weighted by molar-refractivity contribution is 9.10. The van der Waals surface area contributed by atoms with E-state index in [0.717, 1.165) is 16.9 Å². The van der Waals surface area contributed by atoms with Gasteiger partial charge in [0.15, 0.2) is 5.78 Å². The Morgan fingerprint density at radius 1 is 1.77 bits per heavy atom. The Hall–Kier alpha value is 0.140. The minimum atomic E-state index is -0.0818. The largest absolute Gasteiger partial charge is 0.292 e. The molecule has 0 amide bonds. The van der Waals surface area contributed by atoms with E-state index < -0.39 is 0 Å². The van der Waals surface area contributed by atoms with Gasteiger partial charge in [0, 0.05) is 0 Å². The summed E-state index contributed by atoms with van der Waals surface area (Å²) in [7, 11) is 0. The first-order valence-electron chi connectivity index (χ1n) is 4.00. The van der Waals surface area contributed by atoms with Gasteiger partial charge in [-0.2, -0.15) is 0 Å². The number of rotatable bonds is 3. The van der Waals surface area contributed by atoms with Crippen LogP contribution in [-0.2, 0) is 0 Å². The highest BCUT2D eigenvalue weighted by Gasteiger charge is 2.17.